The number of hydrogen-bond acceptors (Lipinski definition) is 5. The Balaban J connectivity index is 1.42. The van der Waals surface area contributed by atoms with Gasteiger partial charge >= 0.3 is 0 Å². The Labute approximate surface area is 183 Å². The normalized spacial score (nSPS) is 19.4. The second kappa shape index (κ2) is 9.39. The van der Waals surface area contributed by atoms with Crippen LogP contribution in [0.4, 0.5) is 17.1 Å². The van der Waals surface area contributed by atoms with Crippen molar-refractivity contribution in [3.8, 4) is 5.75 Å². The molecule has 0 bridgehead atoms. The molecule has 2 aliphatic heterocycles. The van der Waals surface area contributed by atoms with Crippen LogP contribution in [0.5, 0.6) is 5.75 Å². The van der Waals surface area contributed by atoms with Crippen LogP contribution in [0.2, 0.25) is 0 Å². The second-order valence-corrected chi connectivity index (χ2v) is 8.05. The Morgan fingerprint density at radius 3 is 2.45 bits per heavy atom. The molecular formula is C24H30N4O3. The van der Waals surface area contributed by atoms with Crippen LogP contribution in [0.15, 0.2) is 48.5 Å². The van der Waals surface area contributed by atoms with Crippen molar-refractivity contribution in [3.63, 3.8) is 0 Å². The molecule has 4 rings (SSSR count). The number of benzene rings is 2. The van der Waals surface area contributed by atoms with Gasteiger partial charge in [-0.25, -0.2) is 0 Å². The minimum absolute atomic E-state index is 0.0274. The Morgan fingerprint density at radius 2 is 1.71 bits per heavy atom. The molecule has 1 saturated heterocycles. The topological polar surface area (TPSA) is 65.1 Å². The van der Waals surface area contributed by atoms with E-state index in [9.17, 15) is 9.59 Å². The van der Waals surface area contributed by atoms with Crippen LogP contribution in [-0.4, -0.2) is 62.1 Å². The van der Waals surface area contributed by atoms with Gasteiger partial charge in [0.1, 0.15) is 5.75 Å². The number of nitrogens with zero attached hydrogens (tertiary/aromatic N) is 3. The van der Waals surface area contributed by atoms with E-state index in [0.29, 0.717) is 25.3 Å². The quantitative estimate of drug-likeness (QED) is 0.803. The zero-order chi connectivity index (χ0) is 21.8. The number of ether oxygens (including phenoxy) is 1. The maximum atomic E-state index is 13.3. The molecule has 0 aromatic heterocycles. The van der Waals surface area contributed by atoms with E-state index >= 15 is 0 Å². The summed E-state index contributed by atoms with van der Waals surface area (Å²) < 4.78 is 5.78. The SMILES string of the molecule is CCOc1ccccc1N1CCN(CC(=O)N2c3ccccc3NC(=O)C[C@H]2C)CC1. The lowest BCUT2D eigenvalue weighted by molar-refractivity contribution is -0.120. The van der Waals surface area contributed by atoms with Gasteiger partial charge in [0.2, 0.25) is 11.8 Å². The molecule has 2 aliphatic rings. The van der Waals surface area contributed by atoms with Gasteiger partial charge in [0, 0.05) is 38.6 Å². The van der Waals surface area contributed by atoms with Crippen LogP contribution < -0.4 is 19.9 Å². The summed E-state index contributed by atoms with van der Waals surface area (Å²) in [7, 11) is 0. The van der Waals surface area contributed by atoms with Crippen LogP contribution in [0.25, 0.3) is 0 Å². The molecule has 0 radical (unpaired) electrons. The summed E-state index contributed by atoms with van der Waals surface area (Å²) in [6.45, 7) is 8.17. The van der Waals surface area contributed by atoms with Gasteiger partial charge < -0.3 is 19.9 Å². The highest BCUT2D eigenvalue weighted by atomic mass is 16.5. The first-order valence-electron chi connectivity index (χ1n) is 11.0. The number of anilines is 3. The lowest BCUT2D eigenvalue weighted by Gasteiger charge is -2.37. The summed E-state index contributed by atoms with van der Waals surface area (Å²) in [6.07, 6.45) is 0.294. The molecule has 31 heavy (non-hydrogen) atoms. The molecule has 0 unspecified atom stereocenters. The molecule has 7 heteroatoms. The van der Waals surface area contributed by atoms with E-state index < -0.39 is 0 Å². The molecular weight excluding hydrogens is 392 g/mol. The highest BCUT2D eigenvalue weighted by Gasteiger charge is 2.31. The van der Waals surface area contributed by atoms with Gasteiger partial charge in [-0.3, -0.25) is 14.5 Å². The number of rotatable bonds is 5. The molecule has 1 fully saturated rings. The summed E-state index contributed by atoms with van der Waals surface area (Å²) in [5.41, 5.74) is 2.58. The third kappa shape index (κ3) is 4.66. The van der Waals surface area contributed by atoms with Gasteiger partial charge in [-0.15, -0.1) is 0 Å². The van der Waals surface area contributed by atoms with Crippen molar-refractivity contribution in [1.29, 1.82) is 0 Å². The lowest BCUT2D eigenvalue weighted by atomic mass is 10.1. The number of hydrogen-bond donors (Lipinski definition) is 1. The Kier molecular flexibility index (Phi) is 6.42. The fraction of sp³-hybridized carbons (Fsp3) is 0.417. The molecule has 2 heterocycles. The minimum Gasteiger partial charge on any atom is -0.492 e. The van der Waals surface area contributed by atoms with Crippen LogP contribution in [0.1, 0.15) is 20.3 Å². The lowest BCUT2D eigenvalue weighted by Crippen LogP contribution is -2.51. The minimum atomic E-state index is -0.185. The van der Waals surface area contributed by atoms with Gasteiger partial charge in [0.15, 0.2) is 0 Å². The Bertz CT molecular complexity index is 940. The number of nitrogens with one attached hydrogen (secondary N) is 1. The molecule has 1 atom stereocenters. The molecule has 2 aromatic carbocycles. The first kappa shape index (κ1) is 21.2. The number of para-hydroxylation sites is 4. The van der Waals surface area contributed by atoms with Crippen molar-refractivity contribution in [2.24, 2.45) is 0 Å². The van der Waals surface area contributed by atoms with Crippen molar-refractivity contribution < 1.29 is 14.3 Å². The average molecular weight is 423 g/mol. The van der Waals surface area contributed by atoms with Crippen molar-refractivity contribution in [2.45, 2.75) is 26.3 Å². The van der Waals surface area contributed by atoms with Gasteiger partial charge in [-0.2, -0.15) is 0 Å². The summed E-state index contributed by atoms with van der Waals surface area (Å²) in [5, 5.41) is 2.92. The van der Waals surface area contributed by atoms with E-state index in [4.69, 9.17) is 4.74 Å². The molecule has 7 nitrogen and oxygen atoms in total. The zero-order valence-corrected chi connectivity index (χ0v) is 18.2. The van der Waals surface area contributed by atoms with E-state index in [1.54, 1.807) is 4.90 Å². The highest BCUT2D eigenvalue weighted by Crippen LogP contribution is 2.32. The maximum absolute atomic E-state index is 13.3. The van der Waals surface area contributed by atoms with Crippen molar-refractivity contribution in [2.75, 3.05) is 54.4 Å². The molecule has 0 spiro atoms. The first-order chi connectivity index (χ1) is 15.1. The monoisotopic (exact) mass is 422 g/mol. The van der Waals surface area contributed by atoms with Crippen molar-refractivity contribution in [1.82, 2.24) is 4.90 Å². The fourth-order valence-corrected chi connectivity index (χ4v) is 4.38. The van der Waals surface area contributed by atoms with Crippen LogP contribution in [-0.2, 0) is 9.59 Å². The van der Waals surface area contributed by atoms with Crippen molar-refractivity contribution >= 4 is 28.9 Å². The maximum Gasteiger partial charge on any atom is 0.241 e. The van der Waals surface area contributed by atoms with Crippen LogP contribution >= 0.6 is 0 Å². The largest absolute Gasteiger partial charge is 0.492 e. The van der Waals surface area contributed by atoms with Gasteiger partial charge in [-0.1, -0.05) is 24.3 Å². The third-order valence-electron chi connectivity index (χ3n) is 5.86. The first-order valence-corrected chi connectivity index (χ1v) is 11.0. The van der Waals surface area contributed by atoms with Gasteiger partial charge in [-0.05, 0) is 38.1 Å². The molecule has 164 valence electrons. The number of carbonyl (C=O) groups is 2. The summed E-state index contributed by atoms with van der Waals surface area (Å²) in [4.78, 5) is 31.8. The number of carbonyl (C=O) groups excluding carboxylic acids is 2. The smallest absolute Gasteiger partial charge is 0.241 e. The van der Waals surface area contributed by atoms with Gasteiger partial charge in [0.25, 0.3) is 0 Å². The Hall–Kier alpha value is -3.06. The van der Waals surface area contributed by atoms with Gasteiger partial charge in [0.05, 0.1) is 30.2 Å². The van der Waals surface area contributed by atoms with Crippen LogP contribution in [0.3, 0.4) is 0 Å². The molecule has 2 aromatic rings. The average Bonchev–Trinajstić information content (AvgIpc) is 2.89. The second-order valence-electron chi connectivity index (χ2n) is 8.05. The van der Waals surface area contributed by atoms with E-state index in [1.807, 2.05) is 56.3 Å². The van der Waals surface area contributed by atoms with Crippen LogP contribution in [0, 0.1) is 0 Å². The van der Waals surface area contributed by atoms with E-state index in [0.717, 1.165) is 43.3 Å². The third-order valence-corrected chi connectivity index (χ3v) is 5.86. The fourth-order valence-electron chi connectivity index (χ4n) is 4.38. The predicted octanol–water partition coefficient (Wildman–Crippen LogP) is 2.97. The van der Waals surface area contributed by atoms with E-state index in [-0.39, 0.29) is 17.9 Å². The molecule has 0 saturated carbocycles. The summed E-state index contributed by atoms with van der Waals surface area (Å²) in [6, 6.07) is 15.4. The van der Waals surface area contributed by atoms with E-state index in [2.05, 4.69) is 21.2 Å². The Morgan fingerprint density at radius 1 is 1.03 bits per heavy atom. The number of piperazine rings is 1. The summed E-state index contributed by atoms with van der Waals surface area (Å²) in [5.74, 6) is 0.873. The van der Waals surface area contributed by atoms with Crippen molar-refractivity contribution in [3.05, 3.63) is 48.5 Å². The zero-order valence-electron chi connectivity index (χ0n) is 18.2. The molecule has 0 aliphatic carbocycles. The summed E-state index contributed by atoms with van der Waals surface area (Å²) >= 11 is 0. The number of amides is 2. The predicted molar refractivity (Wildman–Crippen MR) is 123 cm³/mol. The number of fused-ring (bicyclic) bond motifs is 1. The highest BCUT2D eigenvalue weighted by molar-refractivity contribution is 6.04. The van der Waals surface area contributed by atoms with E-state index in [1.165, 1.54) is 0 Å². The molecule has 2 amide bonds. The molecule has 1 N–H and O–H groups in total. The standard InChI is InChI=1S/C24H30N4O3/c1-3-31-22-11-7-6-10-21(22)27-14-12-26(13-15-27)17-24(30)28-18(2)16-23(29)25-19-8-4-5-9-20(19)28/h4-11,18H,3,12-17H2,1-2H3,(H,25,29)/t18-/m1/s1.